The molecule has 2 aliphatic heterocycles. The lowest BCUT2D eigenvalue weighted by atomic mass is 9.98. The van der Waals surface area contributed by atoms with Crippen molar-refractivity contribution in [1.29, 1.82) is 0 Å². The van der Waals surface area contributed by atoms with E-state index in [4.69, 9.17) is 9.47 Å². The summed E-state index contributed by atoms with van der Waals surface area (Å²) in [6, 6.07) is 0. The van der Waals surface area contributed by atoms with Gasteiger partial charge in [0.05, 0.1) is 41.8 Å². The summed E-state index contributed by atoms with van der Waals surface area (Å²) in [7, 11) is 0. The van der Waals surface area contributed by atoms with Crippen molar-refractivity contribution in [3.8, 4) is 0 Å². The van der Waals surface area contributed by atoms with Crippen LogP contribution < -0.4 is 4.90 Å². The van der Waals surface area contributed by atoms with Crippen molar-refractivity contribution < 1.29 is 9.47 Å². The first-order valence-corrected chi connectivity index (χ1v) is 8.78. The van der Waals surface area contributed by atoms with Crippen LogP contribution in [0.15, 0.2) is 24.0 Å². The van der Waals surface area contributed by atoms with E-state index >= 15 is 0 Å². The number of hydrogen-bond donors (Lipinski definition) is 0. The second-order valence-electron chi connectivity index (χ2n) is 6.22. The first-order valence-electron chi connectivity index (χ1n) is 7.90. The van der Waals surface area contributed by atoms with Crippen LogP contribution in [0, 0.1) is 6.92 Å². The minimum atomic E-state index is -0.0970. The van der Waals surface area contributed by atoms with Gasteiger partial charge in [-0.25, -0.2) is 9.97 Å². The van der Waals surface area contributed by atoms with Crippen LogP contribution in [-0.4, -0.2) is 46.4 Å². The van der Waals surface area contributed by atoms with Crippen LogP contribution in [0.4, 0.5) is 5.82 Å². The van der Waals surface area contributed by atoms with Crippen molar-refractivity contribution in [2.45, 2.75) is 38.1 Å². The van der Waals surface area contributed by atoms with E-state index in [0.29, 0.717) is 13.2 Å². The van der Waals surface area contributed by atoms with Crippen LogP contribution in [0.25, 0.3) is 0 Å². The summed E-state index contributed by atoms with van der Waals surface area (Å²) in [6.07, 6.45) is 7.35. The molecule has 0 bridgehead atoms. The lowest BCUT2D eigenvalue weighted by Gasteiger charge is -2.23. The van der Waals surface area contributed by atoms with Crippen molar-refractivity contribution >= 4 is 17.2 Å². The molecule has 4 heterocycles. The number of thiazole rings is 1. The second kappa shape index (κ2) is 6.14. The van der Waals surface area contributed by atoms with Gasteiger partial charge < -0.3 is 14.4 Å². The molecule has 4 rings (SSSR count). The zero-order valence-corrected chi connectivity index (χ0v) is 14.0. The molecule has 1 spiro atoms. The molecule has 2 aromatic rings. The van der Waals surface area contributed by atoms with Gasteiger partial charge in [0.25, 0.3) is 0 Å². The minimum Gasteiger partial charge on any atom is -0.370 e. The Morgan fingerprint density at radius 1 is 1.48 bits per heavy atom. The standard InChI is InChI=1S/C16H20N4O2S/c1-12-19-13(10-23-12)8-21-14-6-16(22-9-14)2-5-20(11-16)15-7-17-3-4-18-15/h3-4,7,10,14H,2,5-6,8-9,11H2,1H3. The van der Waals surface area contributed by atoms with Gasteiger partial charge in [0.2, 0.25) is 0 Å². The van der Waals surface area contributed by atoms with Gasteiger partial charge in [-0.1, -0.05) is 0 Å². The van der Waals surface area contributed by atoms with Gasteiger partial charge in [0, 0.05) is 37.3 Å². The fourth-order valence-corrected chi connectivity index (χ4v) is 3.96. The Labute approximate surface area is 139 Å². The lowest BCUT2D eigenvalue weighted by Crippen LogP contribution is -2.33. The van der Waals surface area contributed by atoms with Gasteiger partial charge >= 0.3 is 0 Å². The predicted molar refractivity (Wildman–Crippen MR) is 87.6 cm³/mol. The molecule has 0 aliphatic carbocycles. The SMILES string of the molecule is Cc1nc(COC2COC3(CCN(c4cnccn4)C3)C2)cs1. The molecule has 0 saturated carbocycles. The Bertz CT molecular complexity index is 665. The van der Waals surface area contributed by atoms with E-state index in [1.165, 1.54) is 0 Å². The number of nitrogens with zero attached hydrogens (tertiary/aromatic N) is 4. The third kappa shape index (κ3) is 3.22. The number of aryl methyl sites for hydroxylation is 1. The maximum atomic E-state index is 6.13. The molecule has 2 unspecified atom stereocenters. The molecule has 0 radical (unpaired) electrons. The van der Waals surface area contributed by atoms with Gasteiger partial charge in [0.15, 0.2) is 0 Å². The fraction of sp³-hybridized carbons (Fsp3) is 0.562. The molecule has 122 valence electrons. The first kappa shape index (κ1) is 15.0. The molecule has 0 amide bonds. The van der Waals surface area contributed by atoms with Gasteiger partial charge in [-0.15, -0.1) is 11.3 Å². The highest BCUT2D eigenvalue weighted by molar-refractivity contribution is 7.09. The van der Waals surface area contributed by atoms with Crippen molar-refractivity contribution in [3.05, 3.63) is 34.7 Å². The molecular weight excluding hydrogens is 312 g/mol. The number of anilines is 1. The third-order valence-electron chi connectivity index (χ3n) is 4.50. The van der Waals surface area contributed by atoms with E-state index < -0.39 is 0 Å². The maximum Gasteiger partial charge on any atom is 0.147 e. The Morgan fingerprint density at radius 3 is 3.22 bits per heavy atom. The Kier molecular flexibility index (Phi) is 4.00. The number of rotatable bonds is 4. The Balaban J connectivity index is 1.33. The van der Waals surface area contributed by atoms with E-state index in [1.807, 2.05) is 13.1 Å². The minimum absolute atomic E-state index is 0.0970. The average Bonchev–Trinajstić information content (AvgIpc) is 3.28. The highest BCUT2D eigenvalue weighted by atomic mass is 32.1. The molecule has 0 N–H and O–H groups in total. The van der Waals surface area contributed by atoms with Gasteiger partial charge in [-0.2, -0.15) is 0 Å². The highest BCUT2D eigenvalue weighted by Crippen LogP contribution is 2.37. The molecule has 2 saturated heterocycles. The zero-order valence-electron chi connectivity index (χ0n) is 13.1. The van der Waals surface area contributed by atoms with E-state index in [1.54, 1.807) is 23.7 Å². The molecule has 23 heavy (non-hydrogen) atoms. The first-order chi connectivity index (χ1) is 11.2. The molecule has 2 aromatic heterocycles. The van der Waals surface area contributed by atoms with Crippen LogP contribution in [0.1, 0.15) is 23.5 Å². The summed E-state index contributed by atoms with van der Waals surface area (Å²) in [5, 5.41) is 3.14. The topological polar surface area (TPSA) is 60.4 Å². The largest absolute Gasteiger partial charge is 0.370 e. The molecule has 6 nitrogen and oxygen atoms in total. The summed E-state index contributed by atoms with van der Waals surface area (Å²) in [5.41, 5.74) is 0.918. The summed E-state index contributed by atoms with van der Waals surface area (Å²) in [5.74, 6) is 0.926. The normalized spacial score (nSPS) is 27.2. The summed E-state index contributed by atoms with van der Waals surface area (Å²) < 4.78 is 12.1. The Hall–Kier alpha value is -1.57. The third-order valence-corrected chi connectivity index (χ3v) is 5.32. The number of ether oxygens (including phenoxy) is 2. The molecule has 7 heteroatoms. The van der Waals surface area contributed by atoms with Gasteiger partial charge in [-0.3, -0.25) is 4.98 Å². The van der Waals surface area contributed by atoms with E-state index in [2.05, 4.69) is 25.2 Å². The van der Waals surface area contributed by atoms with Crippen LogP contribution in [0.3, 0.4) is 0 Å². The highest BCUT2D eigenvalue weighted by Gasteiger charge is 2.46. The van der Waals surface area contributed by atoms with Crippen molar-refractivity contribution in [2.24, 2.45) is 0 Å². The van der Waals surface area contributed by atoms with Crippen molar-refractivity contribution in [2.75, 3.05) is 24.6 Å². The molecule has 2 aliphatic rings. The van der Waals surface area contributed by atoms with Crippen molar-refractivity contribution in [3.63, 3.8) is 0 Å². The summed E-state index contributed by atoms with van der Waals surface area (Å²) in [6.45, 7) is 5.07. The number of hydrogen-bond acceptors (Lipinski definition) is 7. The monoisotopic (exact) mass is 332 g/mol. The fourth-order valence-electron chi connectivity index (χ4n) is 3.37. The lowest BCUT2D eigenvalue weighted by molar-refractivity contribution is 0.00536. The van der Waals surface area contributed by atoms with Crippen LogP contribution in [-0.2, 0) is 16.1 Å². The predicted octanol–water partition coefficient (Wildman–Crippen LogP) is 2.20. The summed E-state index contributed by atoms with van der Waals surface area (Å²) in [4.78, 5) is 15.2. The molecule has 2 atom stereocenters. The average molecular weight is 332 g/mol. The molecule has 0 aromatic carbocycles. The quantitative estimate of drug-likeness (QED) is 0.855. The smallest absolute Gasteiger partial charge is 0.147 e. The Morgan fingerprint density at radius 2 is 2.43 bits per heavy atom. The zero-order chi connectivity index (χ0) is 15.7. The second-order valence-corrected chi connectivity index (χ2v) is 7.29. The van der Waals surface area contributed by atoms with Crippen LogP contribution >= 0.6 is 11.3 Å². The van der Waals surface area contributed by atoms with E-state index in [9.17, 15) is 0 Å². The van der Waals surface area contributed by atoms with Gasteiger partial charge in [-0.05, 0) is 13.3 Å². The van der Waals surface area contributed by atoms with Crippen molar-refractivity contribution in [1.82, 2.24) is 15.0 Å². The van der Waals surface area contributed by atoms with E-state index in [-0.39, 0.29) is 11.7 Å². The molecule has 2 fully saturated rings. The van der Waals surface area contributed by atoms with Gasteiger partial charge in [0.1, 0.15) is 5.82 Å². The number of aromatic nitrogens is 3. The maximum absolute atomic E-state index is 6.13. The van der Waals surface area contributed by atoms with E-state index in [0.717, 1.165) is 42.5 Å². The molecular formula is C16H20N4O2S. The van der Waals surface area contributed by atoms with Crippen LogP contribution in [0.2, 0.25) is 0 Å². The summed E-state index contributed by atoms with van der Waals surface area (Å²) >= 11 is 1.66. The van der Waals surface area contributed by atoms with Crippen LogP contribution in [0.5, 0.6) is 0 Å².